The quantitative estimate of drug-likeness (QED) is 0.564. The van der Waals surface area contributed by atoms with Crippen molar-refractivity contribution in [2.75, 3.05) is 22.1 Å². The van der Waals surface area contributed by atoms with Gasteiger partial charge in [0, 0.05) is 36.5 Å². The fourth-order valence-corrected chi connectivity index (χ4v) is 3.18. The molecule has 0 aliphatic carbocycles. The number of hydrogen-bond acceptors (Lipinski definition) is 5. The van der Waals surface area contributed by atoms with E-state index in [1.165, 1.54) is 18.2 Å². The van der Waals surface area contributed by atoms with Crippen LogP contribution in [0.2, 0.25) is 5.02 Å². The molecule has 1 fully saturated rings. The van der Waals surface area contributed by atoms with Crippen LogP contribution in [0.5, 0.6) is 0 Å². The highest BCUT2D eigenvalue weighted by Crippen LogP contribution is 2.27. The van der Waals surface area contributed by atoms with Crippen molar-refractivity contribution < 1.29 is 14.5 Å². The number of nitrogens with zero attached hydrogens (tertiary/aromatic N) is 2. The van der Waals surface area contributed by atoms with Crippen LogP contribution in [0.3, 0.4) is 0 Å². The number of carbonyl (C=O) groups is 2. The Kier molecular flexibility index (Phi) is 5.79. The first-order valence-corrected chi connectivity index (χ1v) is 9.15. The van der Waals surface area contributed by atoms with Gasteiger partial charge in [-0.05, 0) is 37.6 Å². The molecule has 1 aliphatic rings. The van der Waals surface area contributed by atoms with Crippen LogP contribution in [0.1, 0.15) is 19.8 Å². The van der Waals surface area contributed by atoms with Gasteiger partial charge in [0.05, 0.1) is 15.6 Å². The molecule has 9 heteroatoms. The summed E-state index contributed by atoms with van der Waals surface area (Å²) in [6.45, 7) is 2.37. The van der Waals surface area contributed by atoms with E-state index in [0.717, 1.165) is 12.1 Å². The number of non-ortho nitro benzene ring substituents is 1. The average Bonchev–Trinajstić information content (AvgIpc) is 3.09. The number of nitro benzene ring substituents is 1. The fraction of sp³-hybridized carbons (Fsp3) is 0.263. The Balaban J connectivity index is 1.66. The van der Waals surface area contributed by atoms with Crippen LogP contribution in [-0.2, 0) is 9.59 Å². The number of halogens is 1. The van der Waals surface area contributed by atoms with Gasteiger partial charge in [-0.1, -0.05) is 17.7 Å². The normalized spacial score (nSPS) is 14.6. The molecule has 1 unspecified atom stereocenters. The molecule has 0 radical (unpaired) electrons. The first-order valence-electron chi connectivity index (χ1n) is 8.77. The number of rotatable bonds is 6. The Bertz CT molecular complexity index is 934. The predicted octanol–water partition coefficient (Wildman–Crippen LogP) is 3.81. The molecule has 2 N–H and O–H groups in total. The third kappa shape index (κ3) is 4.40. The minimum atomic E-state index is -0.601. The highest BCUT2D eigenvalue weighted by molar-refractivity contribution is 6.34. The van der Waals surface area contributed by atoms with E-state index in [1.54, 1.807) is 11.8 Å². The van der Waals surface area contributed by atoms with Crippen LogP contribution in [0.4, 0.5) is 22.7 Å². The molecule has 1 heterocycles. The minimum Gasteiger partial charge on any atom is -0.374 e. The van der Waals surface area contributed by atoms with Crippen molar-refractivity contribution in [2.45, 2.75) is 25.8 Å². The van der Waals surface area contributed by atoms with Crippen LogP contribution in [0.25, 0.3) is 0 Å². The van der Waals surface area contributed by atoms with Gasteiger partial charge in [-0.15, -0.1) is 0 Å². The van der Waals surface area contributed by atoms with Crippen LogP contribution in [0, 0.1) is 10.1 Å². The zero-order valence-electron chi connectivity index (χ0n) is 15.1. The molecule has 146 valence electrons. The van der Waals surface area contributed by atoms with Gasteiger partial charge in [-0.25, -0.2) is 0 Å². The van der Waals surface area contributed by atoms with Gasteiger partial charge >= 0.3 is 0 Å². The molecule has 8 nitrogen and oxygen atoms in total. The second-order valence-electron chi connectivity index (χ2n) is 6.48. The molecular weight excluding hydrogens is 384 g/mol. The Morgan fingerprint density at radius 1 is 1.29 bits per heavy atom. The van der Waals surface area contributed by atoms with Crippen LogP contribution in [-0.4, -0.2) is 29.3 Å². The zero-order chi connectivity index (χ0) is 20.3. The third-order valence-electron chi connectivity index (χ3n) is 4.43. The summed E-state index contributed by atoms with van der Waals surface area (Å²) in [7, 11) is 0. The smallest absolute Gasteiger partial charge is 0.271 e. The summed E-state index contributed by atoms with van der Waals surface area (Å²) in [6, 6.07) is 10.6. The molecule has 28 heavy (non-hydrogen) atoms. The lowest BCUT2D eigenvalue weighted by atomic mass is 10.2. The molecule has 1 aliphatic heterocycles. The molecule has 2 amide bonds. The molecule has 2 aromatic rings. The first-order chi connectivity index (χ1) is 13.3. The van der Waals surface area contributed by atoms with Gasteiger partial charge in [0.25, 0.3) is 5.69 Å². The standard InChI is InChI=1S/C19H19ClN4O4/c1-12(19(26)22-17-8-7-15(24(27)28)11-16(17)20)21-13-4-2-5-14(10-13)23-9-3-6-18(23)25/h2,4-5,7-8,10-12,21H,3,6,9H2,1H3,(H,22,26). The molecular formula is C19H19ClN4O4. The highest BCUT2D eigenvalue weighted by atomic mass is 35.5. The van der Waals surface area contributed by atoms with E-state index in [4.69, 9.17) is 11.6 Å². The van der Waals surface area contributed by atoms with E-state index >= 15 is 0 Å². The van der Waals surface area contributed by atoms with Crippen LogP contribution >= 0.6 is 11.6 Å². The Labute approximate surface area is 166 Å². The molecule has 0 aromatic heterocycles. The van der Waals surface area contributed by atoms with Crippen molar-refractivity contribution in [1.29, 1.82) is 0 Å². The number of nitro groups is 1. The summed E-state index contributed by atoms with van der Waals surface area (Å²) >= 11 is 6.01. The predicted molar refractivity (Wildman–Crippen MR) is 108 cm³/mol. The molecule has 0 bridgehead atoms. The van der Waals surface area contributed by atoms with E-state index in [2.05, 4.69) is 10.6 Å². The average molecular weight is 403 g/mol. The molecule has 3 rings (SSSR count). The van der Waals surface area contributed by atoms with E-state index in [-0.39, 0.29) is 22.5 Å². The van der Waals surface area contributed by atoms with Gasteiger partial charge in [-0.3, -0.25) is 19.7 Å². The number of anilines is 3. The molecule has 1 atom stereocenters. The summed E-state index contributed by atoms with van der Waals surface area (Å²) in [5, 5.41) is 16.6. The zero-order valence-corrected chi connectivity index (χ0v) is 15.9. The summed E-state index contributed by atoms with van der Waals surface area (Å²) < 4.78 is 0. The number of benzene rings is 2. The van der Waals surface area contributed by atoms with Gasteiger partial charge in [0.15, 0.2) is 0 Å². The number of hydrogen-bond donors (Lipinski definition) is 2. The maximum absolute atomic E-state index is 12.5. The second kappa shape index (κ2) is 8.26. The first kappa shape index (κ1) is 19.6. The second-order valence-corrected chi connectivity index (χ2v) is 6.88. The fourth-order valence-electron chi connectivity index (χ4n) is 2.96. The SMILES string of the molecule is CC(Nc1cccc(N2CCCC2=O)c1)C(=O)Nc1ccc([N+](=O)[O-])cc1Cl. The summed E-state index contributed by atoms with van der Waals surface area (Å²) in [6.07, 6.45) is 1.39. The monoisotopic (exact) mass is 402 g/mol. The van der Waals surface area contributed by atoms with Crippen molar-refractivity contribution in [3.8, 4) is 0 Å². The molecule has 0 spiro atoms. The van der Waals surface area contributed by atoms with Gasteiger partial charge in [0.2, 0.25) is 11.8 Å². The van der Waals surface area contributed by atoms with Crippen molar-refractivity contribution >= 4 is 46.2 Å². The Hall–Kier alpha value is -3.13. The van der Waals surface area contributed by atoms with E-state index in [9.17, 15) is 19.7 Å². The Morgan fingerprint density at radius 3 is 2.71 bits per heavy atom. The molecule has 2 aromatic carbocycles. The van der Waals surface area contributed by atoms with Crippen molar-refractivity contribution in [1.82, 2.24) is 0 Å². The van der Waals surface area contributed by atoms with E-state index in [0.29, 0.717) is 24.3 Å². The lowest BCUT2D eigenvalue weighted by molar-refractivity contribution is -0.384. The molecule has 0 saturated carbocycles. The van der Waals surface area contributed by atoms with E-state index in [1.807, 2.05) is 24.3 Å². The maximum atomic E-state index is 12.5. The summed E-state index contributed by atoms with van der Waals surface area (Å²) in [4.78, 5) is 36.3. The molecule has 1 saturated heterocycles. The van der Waals surface area contributed by atoms with Gasteiger partial charge < -0.3 is 15.5 Å². The number of carbonyl (C=O) groups excluding carboxylic acids is 2. The maximum Gasteiger partial charge on any atom is 0.271 e. The van der Waals surface area contributed by atoms with Gasteiger partial charge in [-0.2, -0.15) is 0 Å². The minimum absolute atomic E-state index is 0.0873. The van der Waals surface area contributed by atoms with Gasteiger partial charge in [0.1, 0.15) is 6.04 Å². The van der Waals surface area contributed by atoms with Crippen molar-refractivity contribution in [2.24, 2.45) is 0 Å². The summed E-state index contributed by atoms with van der Waals surface area (Å²) in [5.41, 5.74) is 1.64. The number of amides is 2. The number of nitrogens with one attached hydrogen (secondary N) is 2. The largest absolute Gasteiger partial charge is 0.374 e. The lowest BCUT2D eigenvalue weighted by Gasteiger charge is -2.19. The van der Waals surface area contributed by atoms with E-state index < -0.39 is 11.0 Å². The van der Waals surface area contributed by atoms with Crippen LogP contribution < -0.4 is 15.5 Å². The van der Waals surface area contributed by atoms with Crippen LogP contribution in [0.15, 0.2) is 42.5 Å². The third-order valence-corrected chi connectivity index (χ3v) is 4.74. The topological polar surface area (TPSA) is 105 Å². The summed E-state index contributed by atoms with van der Waals surface area (Å²) in [5.74, 6) is -0.255. The Morgan fingerprint density at radius 2 is 2.07 bits per heavy atom. The lowest BCUT2D eigenvalue weighted by Crippen LogP contribution is -2.32. The highest BCUT2D eigenvalue weighted by Gasteiger charge is 2.22. The van der Waals surface area contributed by atoms with Crippen molar-refractivity contribution in [3.05, 3.63) is 57.6 Å². The van der Waals surface area contributed by atoms with Crippen molar-refractivity contribution in [3.63, 3.8) is 0 Å².